The Hall–Kier alpha value is -2.23. The van der Waals surface area contributed by atoms with Crippen LogP contribution in [0.4, 0.5) is 11.5 Å². The minimum atomic E-state index is 0.480. The predicted molar refractivity (Wildman–Crippen MR) is 69.8 cm³/mol. The smallest absolute Gasteiger partial charge is 0.140 e. The molecule has 4 heteroatoms. The number of anilines is 2. The first-order chi connectivity index (χ1) is 8.11. The summed E-state index contributed by atoms with van der Waals surface area (Å²) in [7, 11) is 1.61. The molecule has 0 bridgehead atoms. The van der Waals surface area contributed by atoms with Crippen molar-refractivity contribution in [3.63, 3.8) is 0 Å². The van der Waals surface area contributed by atoms with Gasteiger partial charge in [0.25, 0.3) is 0 Å². The van der Waals surface area contributed by atoms with Crippen molar-refractivity contribution in [1.29, 1.82) is 0 Å². The van der Waals surface area contributed by atoms with E-state index in [9.17, 15) is 0 Å². The second-order valence-corrected chi connectivity index (χ2v) is 3.83. The van der Waals surface area contributed by atoms with Gasteiger partial charge in [0.1, 0.15) is 11.6 Å². The van der Waals surface area contributed by atoms with E-state index in [4.69, 9.17) is 16.2 Å². The number of aromatic nitrogens is 1. The summed E-state index contributed by atoms with van der Waals surface area (Å²) in [6, 6.07) is 9.40. The largest absolute Gasteiger partial charge is 0.495 e. The summed E-state index contributed by atoms with van der Waals surface area (Å²) in [5.74, 6) is 1.20. The third-order valence-electron chi connectivity index (χ3n) is 2.61. The molecule has 1 aromatic heterocycles. The number of aryl methyl sites for hydroxylation is 1. The van der Waals surface area contributed by atoms with Gasteiger partial charge in [0.05, 0.1) is 12.8 Å². The fourth-order valence-electron chi connectivity index (χ4n) is 1.75. The predicted octanol–water partition coefficient (Wildman–Crippen LogP) is 2.23. The minimum Gasteiger partial charge on any atom is -0.495 e. The van der Waals surface area contributed by atoms with Crippen molar-refractivity contribution in [2.75, 3.05) is 18.6 Å². The van der Waals surface area contributed by atoms with Crippen LogP contribution in [0.15, 0.2) is 30.3 Å². The highest BCUT2D eigenvalue weighted by Gasteiger charge is 2.09. The zero-order chi connectivity index (χ0) is 12.4. The topological polar surface area (TPSA) is 74.2 Å². The van der Waals surface area contributed by atoms with Crippen LogP contribution in [0.3, 0.4) is 0 Å². The lowest BCUT2D eigenvalue weighted by Gasteiger charge is -2.10. The van der Waals surface area contributed by atoms with Gasteiger partial charge < -0.3 is 16.2 Å². The highest BCUT2D eigenvalue weighted by molar-refractivity contribution is 5.77. The first kappa shape index (κ1) is 11.3. The summed E-state index contributed by atoms with van der Waals surface area (Å²) in [5.41, 5.74) is 14.9. The Morgan fingerprint density at radius 3 is 2.59 bits per heavy atom. The van der Waals surface area contributed by atoms with Crippen LogP contribution >= 0.6 is 0 Å². The number of rotatable bonds is 2. The standard InChI is InChI=1S/C13H15N3O/c1-8-12(17-2)7-11(13(15)16-8)9-4-3-5-10(14)6-9/h3-7H,14H2,1-2H3,(H2,15,16). The summed E-state index contributed by atoms with van der Waals surface area (Å²) >= 11 is 0. The summed E-state index contributed by atoms with van der Waals surface area (Å²) in [4.78, 5) is 4.26. The van der Waals surface area contributed by atoms with Gasteiger partial charge in [-0.2, -0.15) is 0 Å². The number of nitrogen functional groups attached to an aromatic ring is 2. The van der Waals surface area contributed by atoms with Crippen molar-refractivity contribution in [2.45, 2.75) is 6.92 Å². The Bertz CT molecular complexity index is 552. The van der Waals surface area contributed by atoms with E-state index in [0.717, 1.165) is 22.6 Å². The quantitative estimate of drug-likeness (QED) is 0.774. The Balaban J connectivity index is 2.59. The molecule has 0 radical (unpaired) electrons. The van der Waals surface area contributed by atoms with Gasteiger partial charge in [-0.05, 0) is 30.7 Å². The molecule has 1 aromatic carbocycles. The second kappa shape index (κ2) is 4.33. The Morgan fingerprint density at radius 2 is 1.94 bits per heavy atom. The molecule has 17 heavy (non-hydrogen) atoms. The van der Waals surface area contributed by atoms with Gasteiger partial charge in [-0.1, -0.05) is 12.1 Å². The number of methoxy groups -OCH3 is 1. The van der Waals surface area contributed by atoms with Crippen molar-refractivity contribution < 1.29 is 4.74 Å². The van der Waals surface area contributed by atoms with Gasteiger partial charge in [0.15, 0.2) is 0 Å². The van der Waals surface area contributed by atoms with Crippen LogP contribution < -0.4 is 16.2 Å². The highest BCUT2D eigenvalue weighted by Crippen LogP contribution is 2.30. The number of hydrogen-bond donors (Lipinski definition) is 2. The molecule has 0 unspecified atom stereocenters. The summed E-state index contributed by atoms with van der Waals surface area (Å²) in [5, 5.41) is 0. The molecule has 0 aliphatic heterocycles. The van der Waals surface area contributed by atoms with Gasteiger partial charge >= 0.3 is 0 Å². The first-order valence-corrected chi connectivity index (χ1v) is 5.29. The molecule has 0 atom stereocenters. The van der Waals surface area contributed by atoms with Crippen LogP contribution in [0.1, 0.15) is 5.69 Å². The van der Waals surface area contributed by atoms with E-state index in [-0.39, 0.29) is 0 Å². The summed E-state index contributed by atoms with van der Waals surface area (Å²) in [6.45, 7) is 1.86. The van der Waals surface area contributed by atoms with Crippen LogP contribution in [-0.2, 0) is 0 Å². The lowest BCUT2D eigenvalue weighted by molar-refractivity contribution is 0.409. The fraction of sp³-hybridized carbons (Fsp3) is 0.154. The molecular weight excluding hydrogens is 214 g/mol. The average molecular weight is 229 g/mol. The molecular formula is C13H15N3O. The van der Waals surface area contributed by atoms with E-state index in [1.54, 1.807) is 7.11 Å². The van der Waals surface area contributed by atoms with Crippen LogP contribution in [-0.4, -0.2) is 12.1 Å². The van der Waals surface area contributed by atoms with Gasteiger partial charge in [0, 0.05) is 11.3 Å². The normalized spacial score (nSPS) is 10.2. The maximum Gasteiger partial charge on any atom is 0.140 e. The molecule has 0 fully saturated rings. The Kier molecular flexibility index (Phi) is 2.87. The van der Waals surface area contributed by atoms with Crippen LogP contribution in [0, 0.1) is 6.92 Å². The van der Waals surface area contributed by atoms with E-state index in [1.807, 2.05) is 37.3 Å². The minimum absolute atomic E-state index is 0.480. The van der Waals surface area contributed by atoms with Crippen LogP contribution in [0.25, 0.3) is 11.1 Å². The molecule has 0 spiro atoms. The number of benzene rings is 1. The maximum absolute atomic E-state index is 5.92. The summed E-state index contributed by atoms with van der Waals surface area (Å²) < 4.78 is 5.24. The average Bonchev–Trinajstić information content (AvgIpc) is 2.29. The zero-order valence-corrected chi connectivity index (χ0v) is 9.90. The second-order valence-electron chi connectivity index (χ2n) is 3.83. The Labute approximate surface area is 100 Å². The number of nitrogens with zero attached hydrogens (tertiary/aromatic N) is 1. The highest BCUT2D eigenvalue weighted by atomic mass is 16.5. The lowest BCUT2D eigenvalue weighted by atomic mass is 10.1. The summed E-state index contributed by atoms with van der Waals surface area (Å²) in [6.07, 6.45) is 0. The molecule has 1 heterocycles. The molecule has 0 aliphatic carbocycles. The number of pyridine rings is 1. The number of hydrogen-bond acceptors (Lipinski definition) is 4. The maximum atomic E-state index is 5.92. The Morgan fingerprint density at radius 1 is 1.18 bits per heavy atom. The van der Waals surface area contributed by atoms with Crippen molar-refractivity contribution in [3.05, 3.63) is 36.0 Å². The van der Waals surface area contributed by atoms with E-state index < -0.39 is 0 Å². The molecule has 0 amide bonds. The zero-order valence-electron chi connectivity index (χ0n) is 9.90. The van der Waals surface area contributed by atoms with Gasteiger partial charge in [0.2, 0.25) is 0 Å². The van der Waals surface area contributed by atoms with E-state index in [2.05, 4.69) is 4.98 Å². The van der Waals surface area contributed by atoms with Gasteiger partial charge in [-0.3, -0.25) is 0 Å². The molecule has 88 valence electrons. The monoisotopic (exact) mass is 229 g/mol. The third-order valence-corrected chi connectivity index (χ3v) is 2.61. The SMILES string of the molecule is COc1cc(-c2cccc(N)c2)c(N)nc1C. The lowest BCUT2D eigenvalue weighted by Crippen LogP contribution is -1.99. The van der Waals surface area contributed by atoms with Gasteiger partial charge in [-0.15, -0.1) is 0 Å². The molecule has 2 rings (SSSR count). The van der Waals surface area contributed by atoms with Gasteiger partial charge in [-0.25, -0.2) is 4.98 Å². The van der Waals surface area contributed by atoms with E-state index in [0.29, 0.717) is 11.5 Å². The van der Waals surface area contributed by atoms with Crippen molar-refractivity contribution in [2.24, 2.45) is 0 Å². The molecule has 4 N–H and O–H groups in total. The first-order valence-electron chi connectivity index (χ1n) is 5.29. The van der Waals surface area contributed by atoms with Crippen molar-refractivity contribution >= 4 is 11.5 Å². The molecule has 2 aromatic rings. The third kappa shape index (κ3) is 2.15. The van der Waals surface area contributed by atoms with Crippen LogP contribution in [0.2, 0.25) is 0 Å². The van der Waals surface area contributed by atoms with Crippen molar-refractivity contribution in [1.82, 2.24) is 4.98 Å². The van der Waals surface area contributed by atoms with Crippen LogP contribution in [0.5, 0.6) is 5.75 Å². The fourth-order valence-corrected chi connectivity index (χ4v) is 1.75. The number of ether oxygens (including phenoxy) is 1. The van der Waals surface area contributed by atoms with E-state index in [1.165, 1.54) is 0 Å². The molecule has 0 saturated carbocycles. The molecule has 4 nitrogen and oxygen atoms in total. The van der Waals surface area contributed by atoms with Crippen molar-refractivity contribution in [3.8, 4) is 16.9 Å². The number of nitrogens with two attached hydrogens (primary N) is 2. The van der Waals surface area contributed by atoms with E-state index >= 15 is 0 Å². The molecule has 0 aliphatic rings. The molecule has 0 saturated heterocycles.